The number of halogens is 2. The molecular formula is C25H32Cl2N2O2. The summed E-state index contributed by atoms with van der Waals surface area (Å²) in [7, 11) is 0. The Kier molecular flexibility index (Phi) is 8.96. The normalized spacial score (nSPS) is 12.4. The Morgan fingerprint density at radius 3 is 2.13 bits per heavy atom. The second-order valence-electron chi connectivity index (χ2n) is 8.74. The minimum atomic E-state index is -0.636. The summed E-state index contributed by atoms with van der Waals surface area (Å²) in [6.45, 7) is 10.8. The summed E-state index contributed by atoms with van der Waals surface area (Å²) in [6.07, 6.45) is 0.888. The first-order valence-electron chi connectivity index (χ1n) is 10.6. The number of hydrogen-bond acceptors (Lipinski definition) is 2. The quantitative estimate of drug-likeness (QED) is 0.540. The number of nitrogens with zero attached hydrogens (tertiary/aromatic N) is 1. The van der Waals surface area contributed by atoms with Crippen LogP contribution < -0.4 is 5.32 Å². The molecule has 6 heteroatoms. The van der Waals surface area contributed by atoms with Crippen molar-refractivity contribution in [3.8, 4) is 0 Å². The van der Waals surface area contributed by atoms with Gasteiger partial charge in [0.25, 0.3) is 0 Å². The highest BCUT2D eigenvalue weighted by Gasteiger charge is 2.27. The molecule has 168 valence electrons. The van der Waals surface area contributed by atoms with Crippen molar-refractivity contribution in [2.45, 2.75) is 65.5 Å². The molecule has 2 amide bonds. The number of amides is 2. The number of nitrogens with one attached hydrogen (secondary N) is 1. The van der Waals surface area contributed by atoms with Crippen molar-refractivity contribution >= 4 is 35.0 Å². The highest BCUT2D eigenvalue weighted by molar-refractivity contribution is 6.36. The molecule has 0 saturated carbocycles. The molecule has 1 atom stereocenters. The summed E-state index contributed by atoms with van der Waals surface area (Å²) in [4.78, 5) is 27.2. The molecule has 0 bridgehead atoms. The average molecular weight is 463 g/mol. The second kappa shape index (κ2) is 11.0. The van der Waals surface area contributed by atoms with Gasteiger partial charge < -0.3 is 10.2 Å². The van der Waals surface area contributed by atoms with Gasteiger partial charge in [0, 0.05) is 35.1 Å². The summed E-state index contributed by atoms with van der Waals surface area (Å²) < 4.78 is 0. The molecule has 0 unspecified atom stereocenters. The summed E-state index contributed by atoms with van der Waals surface area (Å²) >= 11 is 12.7. The fourth-order valence-corrected chi connectivity index (χ4v) is 3.84. The van der Waals surface area contributed by atoms with E-state index in [1.165, 1.54) is 5.56 Å². The van der Waals surface area contributed by atoms with E-state index in [9.17, 15) is 9.59 Å². The van der Waals surface area contributed by atoms with E-state index in [1.807, 2.05) is 6.92 Å². The van der Waals surface area contributed by atoms with Crippen LogP contribution in [0.2, 0.25) is 10.0 Å². The predicted octanol–water partition coefficient (Wildman–Crippen LogP) is 5.78. The van der Waals surface area contributed by atoms with E-state index >= 15 is 0 Å². The topological polar surface area (TPSA) is 49.4 Å². The number of hydrogen-bond donors (Lipinski definition) is 1. The molecule has 1 N–H and O–H groups in total. The van der Waals surface area contributed by atoms with Gasteiger partial charge in [-0.25, -0.2) is 0 Å². The lowest BCUT2D eigenvalue weighted by molar-refractivity contribution is -0.140. The van der Waals surface area contributed by atoms with E-state index in [-0.39, 0.29) is 23.8 Å². The summed E-state index contributed by atoms with van der Waals surface area (Å²) in [5.41, 5.74) is 3.07. The highest BCUT2D eigenvalue weighted by Crippen LogP contribution is 2.27. The molecule has 0 fully saturated rings. The Labute approximate surface area is 195 Å². The van der Waals surface area contributed by atoms with Gasteiger partial charge in [-0.05, 0) is 48.9 Å². The van der Waals surface area contributed by atoms with E-state index in [4.69, 9.17) is 23.2 Å². The molecule has 0 radical (unpaired) electrons. The largest absolute Gasteiger partial charge is 0.355 e. The molecule has 2 rings (SSSR count). The molecular weight excluding hydrogens is 431 g/mol. The number of rotatable bonds is 8. The van der Waals surface area contributed by atoms with Crippen LogP contribution in [0.3, 0.4) is 0 Å². The van der Waals surface area contributed by atoms with Crippen LogP contribution in [0, 0.1) is 0 Å². The number of aryl methyl sites for hydroxylation is 1. The van der Waals surface area contributed by atoms with Gasteiger partial charge >= 0.3 is 0 Å². The zero-order chi connectivity index (χ0) is 23.2. The van der Waals surface area contributed by atoms with Gasteiger partial charge in [-0.1, -0.05) is 74.3 Å². The van der Waals surface area contributed by atoms with Gasteiger partial charge in [0.05, 0.1) is 0 Å². The van der Waals surface area contributed by atoms with Crippen LogP contribution in [-0.4, -0.2) is 29.3 Å². The number of benzene rings is 2. The minimum absolute atomic E-state index is 0.0848. The molecule has 31 heavy (non-hydrogen) atoms. The van der Waals surface area contributed by atoms with Crippen LogP contribution in [0.25, 0.3) is 0 Å². The molecule has 0 saturated heterocycles. The summed E-state index contributed by atoms with van der Waals surface area (Å²) in [5.74, 6) is -0.316. The zero-order valence-electron chi connectivity index (χ0n) is 19.0. The Balaban J connectivity index is 2.18. The van der Waals surface area contributed by atoms with Crippen LogP contribution in [0.1, 0.15) is 57.7 Å². The van der Waals surface area contributed by atoms with E-state index in [0.29, 0.717) is 35.0 Å². The fraction of sp³-hybridized carbons (Fsp3) is 0.440. The number of carbonyl (C=O) groups excluding carboxylic acids is 2. The highest BCUT2D eigenvalue weighted by atomic mass is 35.5. The first-order chi connectivity index (χ1) is 14.5. The van der Waals surface area contributed by atoms with Crippen molar-refractivity contribution in [1.82, 2.24) is 10.2 Å². The molecule has 0 spiro atoms. The first-order valence-corrected chi connectivity index (χ1v) is 11.4. The van der Waals surface area contributed by atoms with Gasteiger partial charge in [0.1, 0.15) is 6.04 Å². The third-order valence-corrected chi connectivity index (χ3v) is 6.06. The number of likely N-dealkylation sites (N-methyl/N-ethyl adjacent to an activating group) is 1. The summed E-state index contributed by atoms with van der Waals surface area (Å²) in [6, 6.07) is 12.9. The van der Waals surface area contributed by atoms with Crippen molar-refractivity contribution in [2.75, 3.05) is 6.54 Å². The lowest BCUT2D eigenvalue weighted by Gasteiger charge is -2.29. The van der Waals surface area contributed by atoms with E-state index in [0.717, 1.165) is 5.56 Å². The maximum absolute atomic E-state index is 13.2. The second-order valence-corrected chi connectivity index (χ2v) is 9.55. The van der Waals surface area contributed by atoms with Crippen LogP contribution in [-0.2, 0) is 28.0 Å². The smallest absolute Gasteiger partial charge is 0.242 e. The monoisotopic (exact) mass is 462 g/mol. The molecule has 4 nitrogen and oxygen atoms in total. The molecule has 0 heterocycles. The molecule has 0 aliphatic rings. The van der Waals surface area contributed by atoms with Crippen LogP contribution in [0.5, 0.6) is 0 Å². The Morgan fingerprint density at radius 2 is 1.61 bits per heavy atom. The third kappa shape index (κ3) is 6.98. The molecule has 0 aliphatic heterocycles. The minimum Gasteiger partial charge on any atom is -0.355 e. The van der Waals surface area contributed by atoms with Crippen LogP contribution >= 0.6 is 23.2 Å². The van der Waals surface area contributed by atoms with Crippen LogP contribution in [0.15, 0.2) is 42.5 Å². The molecule has 0 aromatic heterocycles. The SMILES string of the molecule is CCNC(=O)[C@H](C)N(Cc1c(Cl)cccc1Cl)C(=O)CCc1ccc(C(C)(C)C)cc1. The van der Waals surface area contributed by atoms with E-state index in [1.54, 1.807) is 30.0 Å². The van der Waals surface area contributed by atoms with Gasteiger partial charge in [0.2, 0.25) is 11.8 Å². The Bertz CT molecular complexity index is 884. The maximum Gasteiger partial charge on any atom is 0.242 e. The summed E-state index contributed by atoms with van der Waals surface area (Å²) in [5, 5.41) is 3.75. The third-order valence-electron chi connectivity index (χ3n) is 5.36. The first kappa shape index (κ1) is 25.2. The number of carbonyl (C=O) groups is 2. The molecule has 0 aliphatic carbocycles. The van der Waals surface area contributed by atoms with E-state index in [2.05, 4.69) is 50.4 Å². The average Bonchev–Trinajstić information content (AvgIpc) is 2.71. The molecule has 2 aromatic rings. The van der Waals surface area contributed by atoms with Gasteiger partial charge in [-0.3, -0.25) is 9.59 Å². The predicted molar refractivity (Wildman–Crippen MR) is 129 cm³/mol. The van der Waals surface area contributed by atoms with Crippen molar-refractivity contribution in [2.24, 2.45) is 0 Å². The van der Waals surface area contributed by atoms with Crippen molar-refractivity contribution in [3.63, 3.8) is 0 Å². The van der Waals surface area contributed by atoms with Crippen molar-refractivity contribution < 1.29 is 9.59 Å². The Hall–Kier alpha value is -2.04. The maximum atomic E-state index is 13.2. The zero-order valence-corrected chi connectivity index (χ0v) is 20.5. The lowest BCUT2D eigenvalue weighted by atomic mass is 9.86. The van der Waals surface area contributed by atoms with E-state index < -0.39 is 6.04 Å². The van der Waals surface area contributed by atoms with Crippen molar-refractivity contribution in [3.05, 3.63) is 69.2 Å². The standard InChI is InChI=1S/C25H32Cl2N2O2/c1-6-28-24(31)17(2)29(16-20-21(26)8-7-9-22(20)27)23(30)15-12-18-10-13-19(14-11-18)25(3,4)5/h7-11,13-14,17H,6,12,15-16H2,1-5H3,(H,28,31)/t17-/m0/s1. The van der Waals surface area contributed by atoms with Gasteiger partial charge in [-0.2, -0.15) is 0 Å². The van der Waals surface area contributed by atoms with Crippen molar-refractivity contribution in [1.29, 1.82) is 0 Å². The van der Waals surface area contributed by atoms with Crippen LogP contribution in [0.4, 0.5) is 0 Å². The van der Waals surface area contributed by atoms with Gasteiger partial charge in [-0.15, -0.1) is 0 Å². The Morgan fingerprint density at radius 1 is 1.03 bits per heavy atom. The molecule has 2 aromatic carbocycles. The van der Waals surface area contributed by atoms with Gasteiger partial charge in [0.15, 0.2) is 0 Å². The lowest BCUT2D eigenvalue weighted by Crippen LogP contribution is -2.47. The fourth-order valence-electron chi connectivity index (χ4n) is 3.32.